The molecule has 2 amide bonds. The first kappa shape index (κ1) is 25.2. The van der Waals surface area contributed by atoms with Gasteiger partial charge in [-0.05, 0) is 42.5 Å². The molecule has 0 fully saturated rings. The van der Waals surface area contributed by atoms with E-state index in [0.29, 0.717) is 20.2 Å². The number of fused-ring (bicyclic) bond motifs is 1. The van der Waals surface area contributed by atoms with Crippen LogP contribution in [0.5, 0.6) is 0 Å². The van der Waals surface area contributed by atoms with Gasteiger partial charge in [0, 0.05) is 5.69 Å². The molecule has 1 aromatic heterocycles. The molecular weight excluding hydrogens is 515 g/mol. The van der Waals surface area contributed by atoms with Crippen molar-refractivity contribution in [1.29, 1.82) is 0 Å². The van der Waals surface area contributed by atoms with Gasteiger partial charge in [-0.1, -0.05) is 36.0 Å². The minimum atomic E-state index is -4.59. The number of carboxylic acid groups (broad SMARTS) is 1. The Hall–Kier alpha value is -3.90. The Balaban J connectivity index is 1.42. The third-order valence-electron chi connectivity index (χ3n) is 4.86. The number of para-hydroxylation sites is 1. The highest BCUT2D eigenvalue weighted by atomic mass is 32.2. The van der Waals surface area contributed by atoms with Gasteiger partial charge in [-0.15, -0.1) is 11.3 Å². The third kappa shape index (κ3) is 5.83. The van der Waals surface area contributed by atoms with Crippen molar-refractivity contribution < 1.29 is 32.7 Å². The van der Waals surface area contributed by atoms with Crippen LogP contribution in [0.15, 0.2) is 71.1 Å². The first-order valence-corrected chi connectivity index (χ1v) is 12.0. The largest absolute Gasteiger partial charge is 0.478 e. The molecule has 36 heavy (non-hydrogen) atoms. The summed E-state index contributed by atoms with van der Waals surface area (Å²) in [5, 5.41) is 14.2. The van der Waals surface area contributed by atoms with Crippen molar-refractivity contribution in [3.63, 3.8) is 0 Å². The lowest BCUT2D eigenvalue weighted by molar-refractivity contribution is -0.137. The number of aromatic nitrogens is 1. The highest BCUT2D eigenvalue weighted by Gasteiger charge is 2.33. The van der Waals surface area contributed by atoms with Crippen molar-refractivity contribution in [1.82, 2.24) is 4.98 Å². The number of alkyl halides is 3. The maximum Gasteiger partial charge on any atom is 0.418 e. The van der Waals surface area contributed by atoms with E-state index in [1.54, 1.807) is 24.3 Å². The molecule has 0 saturated heterocycles. The van der Waals surface area contributed by atoms with E-state index in [-0.39, 0.29) is 22.6 Å². The molecule has 12 heteroatoms. The Kier molecular flexibility index (Phi) is 7.27. The van der Waals surface area contributed by atoms with E-state index in [4.69, 9.17) is 0 Å². The fraction of sp³-hybridized carbons (Fsp3) is 0.0833. The molecule has 0 spiro atoms. The number of nitrogens with one attached hydrogen (secondary N) is 2. The summed E-state index contributed by atoms with van der Waals surface area (Å²) in [6.45, 7) is 0. The molecule has 3 aromatic carbocycles. The Morgan fingerprint density at radius 2 is 1.64 bits per heavy atom. The molecule has 0 aliphatic rings. The van der Waals surface area contributed by atoms with E-state index in [9.17, 15) is 32.7 Å². The Bertz CT molecular complexity index is 1470. The molecule has 0 aliphatic carbocycles. The van der Waals surface area contributed by atoms with Crippen LogP contribution in [0.4, 0.5) is 24.5 Å². The van der Waals surface area contributed by atoms with E-state index in [1.165, 1.54) is 47.7 Å². The van der Waals surface area contributed by atoms with Gasteiger partial charge in [-0.25, -0.2) is 9.78 Å². The van der Waals surface area contributed by atoms with Crippen molar-refractivity contribution >= 4 is 62.5 Å². The molecule has 0 aliphatic heterocycles. The van der Waals surface area contributed by atoms with E-state index in [2.05, 4.69) is 15.6 Å². The molecule has 0 radical (unpaired) electrons. The summed E-state index contributed by atoms with van der Waals surface area (Å²) in [6, 6.07) is 15.5. The summed E-state index contributed by atoms with van der Waals surface area (Å²) in [5.74, 6) is -2.56. The number of rotatable bonds is 7. The first-order chi connectivity index (χ1) is 17.1. The molecule has 0 saturated carbocycles. The van der Waals surface area contributed by atoms with Gasteiger partial charge in [0.25, 0.3) is 5.91 Å². The Labute approximate surface area is 210 Å². The molecule has 7 nitrogen and oxygen atoms in total. The van der Waals surface area contributed by atoms with Crippen LogP contribution in [0.1, 0.15) is 26.3 Å². The second-order valence-electron chi connectivity index (χ2n) is 7.35. The average Bonchev–Trinajstić information content (AvgIpc) is 3.24. The fourth-order valence-corrected chi connectivity index (χ4v) is 5.17. The fourth-order valence-electron chi connectivity index (χ4n) is 3.26. The zero-order chi connectivity index (χ0) is 25.9. The standard InChI is InChI=1S/C24H16F3N3O4S2/c25-24(26,27)16-7-3-4-8-17(16)29-20(31)12-35-23-30-18-10-9-13(11-19(18)36-23)28-21(32)14-5-1-2-6-15(14)22(33)34/h1-11H,12H2,(H,28,32)(H,29,31)(H,33,34). The van der Waals surface area contributed by atoms with Crippen LogP contribution in [-0.2, 0) is 11.0 Å². The highest BCUT2D eigenvalue weighted by molar-refractivity contribution is 8.01. The number of anilines is 2. The molecule has 4 rings (SSSR count). The van der Waals surface area contributed by atoms with Crippen molar-refractivity contribution in [2.45, 2.75) is 10.5 Å². The van der Waals surface area contributed by atoms with E-state index in [0.717, 1.165) is 17.8 Å². The summed E-state index contributed by atoms with van der Waals surface area (Å²) in [5.41, 5.74) is -0.315. The number of hydrogen-bond acceptors (Lipinski definition) is 6. The number of amides is 2. The zero-order valence-corrected chi connectivity index (χ0v) is 19.8. The van der Waals surface area contributed by atoms with Gasteiger partial charge in [0.2, 0.25) is 5.91 Å². The number of hydrogen-bond donors (Lipinski definition) is 3. The number of carbonyl (C=O) groups excluding carboxylic acids is 2. The number of carboxylic acids is 1. The smallest absolute Gasteiger partial charge is 0.418 e. The van der Waals surface area contributed by atoms with Gasteiger partial charge < -0.3 is 15.7 Å². The van der Waals surface area contributed by atoms with Crippen LogP contribution in [0.2, 0.25) is 0 Å². The normalized spacial score (nSPS) is 11.3. The first-order valence-electron chi connectivity index (χ1n) is 10.2. The molecular formula is C24H16F3N3O4S2. The predicted molar refractivity (Wildman–Crippen MR) is 132 cm³/mol. The number of nitrogens with zero attached hydrogens (tertiary/aromatic N) is 1. The van der Waals surface area contributed by atoms with E-state index >= 15 is 0 Å². The lowest BCUT2D eigenvalue weighted by Gasteiger charge is -2.13. The second kappa shape index (κ2) is 10.4. The molecule has 4 aromatic rings. The summed E-state index contributed by atoms with van der Waals surface area (Å²) >= 11 is 2.31. The summed E-state index contributed by atoms with van der Waals surface area (Å²) < 4.78 is 40.6. The minimum Gasteiger partial charge on any atom is -0.478 e. The summed E-state index contributed by atoms with van der Waals surface area (Å²) in [4.78, 5) is 40.6. The number of thiazole rings is 1. The topological polar surface area (TPSA) is 108 Å². The molecule has 1 heterocycles. The number of carbonyl (C=O) groups is 3. The molecule has 3 N–H and O–H groups in total. The van der Waals surface area contributed by atoms with Gasteiger partial charge in [-0.2, -0.15) is 13.2 Å². The SMILES string of the molecule is O=C(CSc1nc2ccc(NC(=O)c3ccccc3C(=O)O)cc2s1)Nc1ccccc1C(F)(F)F. The Morgan fingerprint density at radius 3 is 2.36 bits per heavy atom. The number of thioether (sulfide) groups is 1. The number of aromatic carboxylic acids is 1. The van der Waals surface area contributed by atoms with Crippen LogP contribution < -0.4 is 10.6 Å². The van der Waals surface area contributed by atoms with Crippen molar-refractivity contribution in [2.24, 2.45) is 0 Å². The van der Waals surface area contributed by atoms with Gasteiger partial charge in [0.15, 0.2) is 4.34 Å². The predicted octanol–water partition coefficient (Wildman–Crippen LogP) is 6.00. The van der Waals surface area contributed by atoms with Gasteiger partial charge in [-0.3, -0.25) is 9.59 Å². The van der Waals surface area contributed by atoms with Crippen LogP contribution >= 0.6 is 23.1 Å². The van der Waals surface area contributed by atoms with Crippen LogP contribution in [0, 0.1) is 0 Å². The minimum absolute atomic E-state index is 0.0174. The monoisotopic (exact) mass is 531 g/mol. The Morgan fingerprint density at radius 1 is 0.944 bits per heavy atom. The van der Waals surface area contributed by atoms with Crippen molar-refractivity contribution in [3.8, 4) is 0 Å². The van der Waals surface area contributed by atoms with Gasteiger partial charge in [0.1, 0.15) is 0 Å². The molecule has 0 bridgehead atoms. The van der Waals surface area contributed by atoms with Gasteiger partial charge >= 0.3 is 12.1 Å². The molecule has 184 valence electrons. The zero-order valence-electron chi connectivity index (χ0n) is 18.1. The lowest BCUT2D eigenvalue weighted by atomic mass is 10.1. The maximum absolute atomic E-state index is 13.1. The van der Waals surface area contributed by atoms with E-state index in [1.807, 2.05) is 0 Å². The van der Waals surface area contributed by atoms with Crippen LogP contribution in [0.25, 0.3) is 10.2 Å². The maximum atomic E-state index is 13.1. The molecule has 0 unspecified atom stereocenters. The summed E-state index contributed by atoms with van der Waals surface area (Å²) in [7, 11) is 0. The highest BCUT2D eigenvalue weighted by Crippen LogP contribution is 2.35. The number of halogens is 3. The van der Waals surface area contributed by atoms with Crippen molar-refractivity contribution in [3.05, 3.63) is 83.4 Å². The third-order valence-corrected chi connectivity index (χ3v) is 7.02. The van der Waals surface area contributed by atoms with Crippen molar-refractivity contribution in [2.75, 3.05) is 16.4 Å². The quantitative estimate of drug-likeness (QED) is 0.253. The number of benzene rings is 3. The van der Waals surface area contributed by atoms with Gasteiger partial charge in [0.05, 0.1) is 38.3 Å². The van der Waals surface area contributed by atoms with E-state index < -0.39 is 29.5 Å². The second-order valence-corrected chi connectivity index (χ2v) is 9.60. The summed E-state index contributed by atoms with van der Waals surface area (Å²) in [6.07, 6.45) is -4.59. The van der Waals surface area contributed by atoms with Crippen LogP contribution in [0.3, 0.4) is 0 Å². The average molecular weight is 532 g/mol. The lowest BCUT2D eigenvalue weighted by Crippen LogP contribution is -2.18. The molecule has 0 atom stereocenters. The van der Waals surface area contributed by atoms with Crippen LogP contribution in [-0.4, -0.2) is 33.6 Å².